The lowest BCUT2D eigenvalue weighted by atomic mass is 9.88. The first kappa shape index (κ1) is 46.0. The van der Waals surface area contributed by atoms with Crippen molar-refractivity contribution in [3.05, 3.63) is 279 Å². The molecule has 0 amide bonds. The zero-order chi connectivity index (χ0) is 49.2. The number of nitrogens with zero attached hydrogens (tertiary/aromatic N) is 2. The van der Waals surface area contributed by atoms with Crippen LogP contribution in [0.25, 0.3) is 43.1 Å². The predicted molar refractivity (Wildman–Crippen MR) is 319 cm³/mol. The molecule has 0 N–H and O–H groups in total. The van der Waals surface area contributed by atoms with Crippen molar-refractivity contribution in [1.29, 1.82) is 0 Å². The zero-order valence-corrected chi connectivity index (χ0v) is 43.4. The van der Waals surface area contributed by atoms with Gasteiger partial charge >= 0.3 is 0 Å². The van der Waals surface area contributed by atoms with Crippen molar-refractivity contribution in [3.8, 4) is 0 Å². The summed E-state index contributed by atoms with van der Waals surface area (Å²) in [6.07, 6.45) is 0. The van der Waals surface area contributed by atoms with Crippen LogP contribution >= 0.6 is 47.0 Å². The Kier molecular flexibility index (Phi) is 12.8. The van der Waals surface area contributed by atoms with Gasteiger partial charge in [-0.15, -0.1) is 0 Å². The Morgan fingerprint density at radius 2 is 0.405 bits per heavy atom. The maximum atomic E-state index is 2.43. The van der Waals surface area contributed by atoms with Crippen molar-refractivity contribution in [2.24, 2.45) is 0 Å². The van der Waals surface area contributed by atoms with E-state index in [1.165, 1.54) is 82.3 Å². The number of fused-ring (bicyclic) bond motifs is 2. The first-order valence-electron chi connectivity index (χ1n) is 24.7. The second-order valence-corrected chi connectivity index (χ2v) is 22.6. The van der Waals surface area contributed by atoms with Crippen LogP contribution in [-0.2, 0) is 0 Å². The Morgan fingerprint density at radius 1 is 0.176 bits per heavy atom. The van der Waals surface area contributed by atoms with Gasteiger partial charge in [0.15, 0.2) is 0 Å². The van der Waals surface area contributed by atoms with E-state index < -0.39 is 0 Å². The summed E-state index contributed by atoms with van der Waals surface area (Å²) in [5.41, 5.74) is 6.69. The number of benzene rings is 13. The summed E-state index contributed by atoms with van der Waals surface area (Å²) >= 11 is 7.14. The Morgan fingerprint density at radius 3 is 0.676 bits per heavy atom. The Bertz CT molecular complexity index is 3570. The molecule has 2 nitrogen and oxygen atoms in total. The second-order valence-electron chi connectivity index (χ2n) is 18.0. The third-order valence-corrected chi connectivity index (χ3v) is 17.5. The molecule has 0 heterocycles. The van der Waals surface area contributed by atoms with Crippen LogP contribution < -0.4 is 9.80 Å². The van der Waals surface area contributed by atoms with Crippen LogP contribution in [0.2, 0.25) is 0 Å². The van der Waals surface area contributed by atoms with E-state index in [9.17, 15) is 0 Å². The van der Waals surface area contributed by atoms with Crippen LogP contribution in [0.5, 0.6) is 0 Å². The monoisotopic (exact) mass is 1020 g/mol. The minimum absolute atomic E-state index is 1.10. The van der Waals surface area contributed by atoms with Crippen molar-refractivity contribution in [1.82, 2.24) is 0 Å². The summed E-state index contributed by atoms with van der Waals surface area (Å²) < 4.78 is 0. The highest BCUT2D eigenvalue weighted by Crippen LogP contribution is 2.50. The molecule has 0 bridgehead atoms. The predicted octanol–water partition coefficient (Wildman–Crippen LogP) is 21.3. The highest BCUT2D eigenvalue weighted by Gasteiger charge is 2.23. The first-order valence-corrected chi connectivity index (χ1v) is 28.0. The van der Waals surface area contributed by atoms with Crippen LogP contribution in [-0.4, -0.2) is 0 Å². The van der Waals surface area contributed by atoms with Gasteiger partial charge in [-0.2, -0.15) is 0 Å². The fourth-order valence-corrected chi connectivity index (χ4v) is 13.4. The average molecular weight is 1020 g/mol. The van der Waals surface area contributed by atoms with E-state index in [4.69, 9.17) is 0 Å². The Balaban J connectivity index is 0.935. The topological polar surface area (TPSA) is 6.48 Å². The van der Waals surface area contributed by atoms with Gasteiger partial charge in [-0.1, -0.05) is 168 Å². The van der Waals surface area contributed by atoms with Gasteiger partial charge in [0.1, 0.15) is 0 Å². The SMILES string of the molecule is c1ccc(Sc2ccc(N(c3ccc(Sc4ccccc4)cc3)c3ccc4c5cccc6c(N(c7ccc(Sc8ccccc8)cc7)c7ccc(Sc8ccccc8)cc7)ccc(c7cccc3c74)c65)cc2)cc1. The molecular formula is C68H46N2S4. The van der Waals surface area contributed by atoms with Crippen LogP contribution in [0.15, 0.2) is 318 Å². The first-order chi connectivity index (χ1) is 36.7. The van der Waals surface area contributed by atoms with Crippen LogP contribution in [0.1, 0.15) is 0 Å². The molecule has 0 aromatic heterocycles. The van der Waals surface area contributed by atoms with Gasteiger partial charge in [0.25, 0.3) is 0 Å². The molecule has 6 heteroatoms. The average Bonchev–Trinajstić information content (AvgIpc) is 3.46. The lowest BCUT2D eigenvalue weighted by molar-refractivity contribution is 1.27. The van der Waals surface area contributed by atoms with Crippen molar-refractivity contribution >= 4 is 124 Å². The standard InChI is InChI=1S/C68H46N2S4/c1-5-15-51(16-6-1)71-55-35-27-47(28-36-55)69(48-29-37-56(38-30-48)72-52-17-7-2-8-18-52)65-45-43-61-60-24-14-26-64-66(46-44-62(68(60)64)59-23-13-25-63(65)67(59)61)70(49-31-39-57(40-32-49)73-53-19-9-3-10-20-53)50-33-41-58(42-34-50)74-54-21-11-4-12-22-54/h1-46H. The molecule has 0 spiro atoms. The van der Waals surface area contributed by atoms with E-state index in [2.05, 4.69) is 289 Å². The molecule has 0 aliphatic heterocycles. The van der Waals surface area contributed by atoms with Crippen LogP contribution in [0, 0.1) is 0 Å². The van der Waals surface area contributed by atoms with E-state index in [1.54, 1.807) is 47.0 Å². The summed E-state index contributed by atoms with van der Waals surface area (Å²) in [6, 6.07) is 102. The number of hydrogen-bond acceptors (Lipinski definition) is 6. The van der Waals surface area contributed by atoms with Crippen LogP contribution in [0.3, 0.4) is 0 Å². The van der Waals surface area contributed by atoms with Gasteiger partial charge in [0.05, 0.1) is 11.4 Å². The Labute approximate surface area is 449 Å². The van der Waals surface area contributed by atoms with E-state index in [-0.39, 0.29) is 0 Å². The lowest BCUT2D eigenvalue weighted by Gasteiger charge is -2.29. The molecule has 13 rings (SSSR count). The van der Waals surface area contributed by atoms with E-state index in [0.29, 0.717) is 0 Å². The van der Waals surface area contributed by atoms with Gasteiger partial charge < -0.3 is 9.80 Å². The number of hydrogen-bond donors (Lipinski definition) is 0. The molecule has 0 fully saturated rings. The summed E-state index contributed by atoms with van der Waals surface area (Å²) in [6.45, 7) is 0. The van der Waals surface area contributed by atoms with Gasteiger partial charge in [-0.05, 0) is 190 Å². The molecule has 352 valence electrons. The highest BCUT2D eigenvalue weighted by atomic mass is 32.2. The smallest absolute Gasteiger partial charge is 0.0540 e. The van der Waals surface area contributed by atoms with Crippen molar-refractivity contribution in [2.75, 3.05) is 9.80 Å². The minimum Gasteiger partial charge on any atom is -0.310 e. The molecule has 0 aliphatic rings. The van der Waals surface area contributed by atoms with E-state index >= 15 is 0 Å². The van der Waals surface area contributed by atoms with E-state index in [1.807, 2.05) is 0 Å². The number of rotatable bonds is 14. The fourth-order valence-electron chi connectivity index (χ4n) is 10.1. The third kappa shape index (κ3) is 9.27. The second kappa shape index (κ2) is 20.6. The third-order valence-electron chi connectivity index (χ3n) is 13.4. The van der Waals surface area contributed by atoms with Crippen molar-refractivity contribution in [3.63, 3.8) is 0 Å². The molecule has 0 atom stereocenters. The highest BCUT2D eigenvalue weighted by molar-refractivity contribution is 8.00. The molecule has 74 heavy (non-hydrogen) atoms. The normalized spacial score (nSPS) is 11.5. The molecule has 0 radical (unpaired) electrons. The molecular weight excluding hydrogens is 973 g/mol. The van der Waals surface area contributed by atoms with Crippen LogP contribution in [0.4, 0.5) is 34.1 Å². The number of anilines is 6. The lowest BCUT2D eigenvalue weighted by Crippen LogP contribution is -2.11. The van der Waals surface area contributed by atoms with Gasteiger partial charge in [0, 0.05) is 72.7 Å². The summed E-state index contributed by atoms with van der Waals surface area (Å²) in [5.74, 6) is 0. The molecule has 13 aromatic carbocycles. The summed E-state index contributed by atoms with van der Waals surface area (Å²) in [7, 11) is 0. The maximum Gasteiger partial charge on any atom is 0.0540 e. The Hall–Kier alpha value is -7.84. The molecule has 0 saturated carbocycles. The van der Waals surface area contributed by atoms with Gasteiger partial charge in [-0.3, -0.25) is 0 Å². The molecule has 0 unspecified atom stereocenters. The van der Waals surface area contributed by atoms with E-state index in [0.717, 1.165) is 34.1 Å². The zero-order valence-electron chi connectivity index (χ0n) is 40.1. The quantitative estimate of drug-likeness (QED) is 0.0785. The van der Waals surface area contributed by atoms with Crippen molar-refractivity contribution in [2.45, 2.75) is 39.2 Å². The molecule has 0 saturated heterocycles. The largest absolute Gasteiger partial charge is 0.310 e. The summed E-state index contributed by atoms with van der Waals surface area (Å²) in [5, 5.41) is 9.94. The maximum absolute atomic E-state index is 2.43. The van der Waals surface area contributed by atoms with Gasteiger partial charge in [0.2, 0.25) is 0 Å². The molecule has 13 aromatic rings. The van der Waals surface area contributed by atoms with Crippen molar-refractivity contribution < 1.29 is 0 Å². The minimum atomic E-state index is 1.10. The fraction of sp³-hybridized carbons (Fsp3) is 0. The summed E-state index contributed by atoms with van der Waals surface area (Å²) in [4.78, 5) is 14.6. The van der Waals surface area contributed by atoms with Gasteiger partial charge in [-0.25, -0.2) is 0 Å². The molecule has 0 aliphatic carbocycles.